The summed E-state index contributed by atoms with van der Waals surface area (Å²) >= 11 is 1.38. The van der Waals surface area contributed by atoms with Crippen molar-refractivity contribution in [3.63, 3.8) is 0 Å². The van der Waals surface area contributed by atoms with Crippen molar-refractivity contribution in [2.24, 2.45) is 0 Å². The topological polar surface area (TPSA) is 55.3 Å². The molecule has 1 aliphatic rings. The van der Waals surface area contributed by atoms with Crippen LogP contribution in [0.4, 0.5) is 23.2 Å². The number of halogens is 4. The van der Waals surface area contributed by atoms with Gasteiger partial charge in [-0.25, -0.2) is 26.7 Å². The molecule has 2 unspecified atom stereocenters. The maximum Gasteiger partial charge on any atom is 0.346 e. The van der Waals surface area contributed by atoms with Gasteiger partial charge >= 0.3 is 5.97 Å². The summed E-state index contributed by atoms with van der Waals surface area (Å²) in [7, 11) is 0. The van der Waals surface area contributed by atoms with E-state index in [4.69, 9.17) is 10.5 Å². The van der Waals surface area contributed by atoms with Gasteiger partial charge in [0, 0.05) is 4.75 Å². The Morgan fingerprint density at radius 1 is 1.17 bits per heavy atom. The molecule has 2 atom stereocenters. The van der Waals surface area contributed by atoms with Crippen molar-refractivity contribution in [3.8, 4) is 0 Å². The molecule has 23 heavy (non-hydrogen) atoms. The van der Waals surface area contributed by atoms with Gasteiger partial charge in [-0.15, -0.1) is 0 Å². The lowest BCUT2D eigenvalue weighted by molar-refractivity contribution is 0.0186. The highest BCUT2D eigenvalue weighted by Gasteiger charge is 2.54. The highest BCUT2D eigenvalue weighted by atomic mass is 32.2. The lowest BCUT2D eigenvalue weighted by Gasteiger charge is -2.21. The van der Waals surface area contributed by atoms with E-state index in [9.17, 15) is 22.4 Å². The highest BCUT2D eigenvalue weighted by molar-refractivity contribution is 7.98. The normalized spacial score (nSPS) is 23.7. The molecule has 0 spiro atoms. The first kappa shape index (κ1) is 17.9. The highest BCUT2D eigenvalue weighted by Crippen LogP contribution is 2.45. The molecule has 0 saturated carbocycles. The number of benzene rings is 1. The molecule has 1 fully saturated rings. The summed E-state index contributed by atoms with van der Waals surface area (Å²) < 4.78 is 60.8. The number of hydrogen-bond acceptors (Lipinski definition) is 5. The van der Waals surface area contributed by atoms with Crippen LogP contribution in [-0.2, 0) is 4.74 Å². The van der Waals surface area contributed by atoms with Gasteiger partial charge in [-0.3, -0.25) is 0 Å². The third-order valence-corrected chi connectivity index (χ3v) is 4.34. The minimum atomic E-state index is -1.87. The van der Waals surface area contributed by atoms with E-state index in [1.54, 1.807) is 4.31 Å². The minimum absolute atomic E-state index is 0.167. The lowest BCUT2D eigenvalue weighted by Crippen LogP contribution is -2.25. The van der Waals surface area contributed by atoms with Crippen molar-refractivity contribution in [1.29, 1.82) is 0 Å². The van der Waals surface area contributed by atoms with E-state index in [0.29, 0.717) is 6.54 Å². The molecule has 2 rings (SSSR count). The smallest absolute Gasteiger partial charge is 0.346 e. The zero-order valence-electron chi connectivity index (χ0n) is 13.0. The van der Waals surface area contributed by atoms with Gasteiger partial charge in [0.05, 0.1) is 6.54 Å². The second-order valence-electron chi connectivity index (χ2n) is 6.35. The Labute approximate surface area is 135 Å². The quantitative estimate of drug-likeness (QED) is 0.225. The van der Waals surface area contributed by atoms with Crippen LogP contribution in [0.3, 0.4) is 0 Å². The van der Waals surface area contributed by atoms with Crippen molar-refractivity contribution < 1.29 is 27.1 Å². The Morgan fingerprint density at radius 3 is 2.09 bits per heavy atom. The van der Waals surface area contributed by atoms with E-state index in [-0.39, 0.29) is 4.75 Å². The molecule has 0 radical (unpaired) electrons. The maximum atomic E-state index is 13.7. The van der Waals surface area contributed by atoms with Crippen molar-refractivity contribution in [2.45, 2.75) is 38.2 Å². The van der Waals surface area contributed by atoms with Crippen LogP contribution < -0.4 is 5.73 Å². The van der Waals surface area contributed by atoms with Gasteiger partial charge in [-0.1, -0.05) is 11.9 Å². The summed E-state index contributed by atoms with van der Waals surface area (Å²) in [5, 5.41) is 0. The van der Waals surface area contributed by atoms with Crippen LogP contribution in [0.2, 0.25) is 0 Å². The number of nitrogens with zero attached hydrogens (tertiary/aromatic N) is 1. The molecule has 0 bridgehead atoms. The van der Waals surface area contributed by atoms with Crippen molar-refractivity contribution in [3.05, 3.63) is 28.8 Å². The SMILES string of the molecule is CC(C)(C)SN1CC1(C)OC(=O)c1c(F)c(F)c(N)c(F)c1F. The van der Waals surface area contributed by atoms with E-state index in [1.165, 1.54) is 18.9 Å². The van der Waals surface area contributed by atoms with Crippen LogP contribution in [0.25, 0.3) is 0 Å². The standard InChI is InChI=1S/C14H16F4N2O2S/c1-13(2,3)23-20-5-14(20,4)22-12(21)6-7(15)9(17)11(19)10(18)8(6)16/h5,19H2,1-4H3. The van der Waals surface area contributed by atoms with Gasteiger partial charge in [0.15, 0.2) is 29.0 Å². The summed E-state index contributed by atoms with van der Waals surface area (Å²) in [4.78, 5) is 12.0. The third kappa shape index (κ3) is 3.40. The van der Waals surface area contributed by atoms with E-state index in [1.807, 2.05) is 20.8 Å². The Morgan fingerprint density at radius 2 is 1.65 bits per heavy atom. The molecular weight excluding hydrogens is 336 g/mol. The largest absolute Gasteiger partial charge is 0.438 e. The van der Waals surface area contributed by atoms with Crippen molar-refractivity contribution in [2.75, 3.05) is 12.3 Å². The summed E-state index contributed by atoms with van der Waals surface area (Å²) in [5.41, 5.74) is 1.05. The first-order chi connectivity index (χ1) is 10.4. The molecule has 1 saturated heterocycles. The van der Waals surface area contributed by atoms with Crippen molar-refractivity contribution >= 4 is 23.6 Å². The third-order valence-electron chi connectivity index (χ3n) is 3.06. The monoisotopic (exact) mass is 352 g/mol. The molecule has 1 aromatic carbocycles. The molecule has 1 aliphatic heterocycles. The average molecular weight is 352 g/mol. The molecule has 1 heterocycles. The second-order valence-corrected chi connectivity index (χ2v) is 8.20. The van der Waals surface area contributed by atoms with E-state index >= 15 is 0 Å². The van der Waals surface area contributed by atoms with E-state index < -0.39 is 46.2 Å². The number of ether oxygens (including phenoxy) is 1. The molecule has 0 amide bonds. The van der Waals surface area contributed by atoms with Crippen molar-refractivity contribution in [1.82, 2.24) is 4.31 Å². The summed E-state index contributed by atoms with van der Waals surface area (Å²) in [5.74, 6) is -8.87. The van der Waals surface area contributed by atoms with Gasteiger partial charge in [-0.05, 0) is 27.7 Å². The molecule has 128 valence electrons. The van der Waals surface area contributed by atoms with Gasteiger partial charge in [0.2, 0.25) is 0 Å². The van der Waals surface area contributed by atoms with Crippen LogP contribution in [-0.4, -0.2) is 27.3 Å². The number of carbonyl (C=O) groups excluding carboxylic acids is 1. The number of nitrogen functional groups attached to an aromatic ring is 1. The number of nitrogens with two attached hydrogens (primary N) is 1. The predicted octanol–water partition coefficient (Wildman–Crippen LogP) is 3.46. The van der Waals surface area contributed by atoms with E-state index in [0.717, 1.165) is 0 Å². The fraction of sp³-hybridized carbons (Fsp3) is 0.500. The summed E-state index contributed by atoms with van der Waals surface area (Å²) in [6, 6.07) is 0. The molecule has 4 nitrogen and oxygen atoms in total. The summed E-state index contributed by atoms with van der Waals surface area (Å²) in [6.07, 6.45) is 0. The van der Waals surface area contributed by atoms with Gasteiger partial charge in [-0.2, -0.15) is 0 Å². The van der Waals surface area contributed by atoms with Crippen LogP contribution in [0.1, 0.15) is 38.1 Å². The number of esters is 1. The van der Waals surface area contributed by atoms with Crippen LogP contribution >= 0.6 is 11.9 Å². The Kier molecular flexibility index (Phi) is 4.31. The number of rotatable bonds is 3. The summed E-state index contributed by atoms with van der Waals surface area (Å²) in [6.45, 7) is 7.65. The van der Waals surface area contributed by atoms with Gasteiger partial charge in [0.25, 0.3) is 0 Å². The average Bonchev–Trinajstić information content (AvgIpc) is 3.01. The molecular formula is C14H16F4N2O2S. The predicted molar refractivity (Wildman–Crippen MR) is 78.6 cm³/mol. The fourth-order valence-electron chi connectivity index (χ4n) is 1.85. The van der Waals surface area contributed by atoms with Gasteiger partial charge in [0.1, 0.15) is 11.3 Å². The molecule has 0 aliphatic carbocycles. The first-order valence-electron chi connectivity index (χ1n) is 6.69. The minimum Gasteiger partial charge on any atom is -0.438 e. The molecule has 9 heteroatoms. The first-order valence-corrected chi connectivity index (χ1v) is 7.46. The maximum absolute atomic E-state index is 13.7. The zero-order valence-corrected chi connectivity index (χ0v) is 13.8. The number of hydrogen-bond donors (Lipinski definition) is 1. The molecule has 1 aromatic rings. The van der Waals surface area contributed by atoms with Gasteiger partial charge < -0.3 is 10.5 Å². The fourth-order valence-corrected chi connectivity index (χ4v) is 3.05. The second kappa shape index (κ2) is 5.55. The molecule has 2 N–H and O–H groups in total. The Hall–Kier alpha value is -1.48. The Balaban J connectivity index is 2.24. The van der Waals surface area contributed by atoms with Crippen LogP contribution in [0.15, 0.2) is 0 Å². The van der Waals surface area contributed by atoms with E-state index in [2.05, 4.69) is 0 Å². The van der Waals surface area contributed by atoms with Crippen LogP contribution in [0.5, 0.6) is 0 Å². The van der Waals surface area contributed by atoms with Crippen LogP contribution in [0, 0.1) is 23.3 Å². The number of anilines is 1. The molecule has 0 aromatic heterocycles. The Bertz CT molecular complexity index is 649. The number of carbonyl (C=O) groups is 1. The zero-order chi connectivity index (χ0) is 17.7. The lowest BCUT2D eigenvalue weighted by atomic mass is 10.1.